The van der Waals surface area contributed by atoms with Gasteiger partial charge < -0.3 is 9.88 Å². The normalized spacial score (nSPS) is 12.2. The van der Waals surface area contributed by atoms with Crippen molar-refractivity contribution in [1.29, 1.82) is 0 Å². The molecule has 1 amide bonds. The second kappa shape index (κ2) is 7.08. The van der Waals surface area contributed by atoms with Crippen LogP contribution in [-0.4, -0.2) is 22.8 Å². The average molecular weight is 395 g/mol. The maximum atomic E-state index is 13.7. The molecule has 1 heterocycles. The van der Waals surface area contributed by atoms with Crippen molar-refractivity contribution in [2.45, 2.75) is 13.0 Å². The minimum absolute atomic E-state index is 0.0309. The molecule has 0 aliphatic carbocycles. The van der Waals surface area contributed by atoms with Crippen LogP contribution in [-0.2, 0) is 0 Å². The van der Waals surface area contributed by atoms with E-state index >= 15 is 0 Å². The minimum Gasteiger partial charge on any atom is -0.335 e. The van der Waals surface area contributed by atoms with Crippen molar-refractivity contribution in [2.75, 3.05) is 7.05 Å². The lowest BCUT2D eigenvalue weighted by atomic mass is 10.0. The van der Waals surface area contributed by atoms with E-state index in [1.807, 2.05) is 0 Å². The van der Waals surface area contributed by atoms with Gasteiger partial charge in [0.05, 0.1) is 16.5 Å². The molecule has 0 radical (unpaired) electrons. The third kappa shape index (κ3) is 3.42. The lowest BCUT2D eigenvalue weighted by Crippen LogP contribution is -2.30. The second-order valence-electron chi connectivity index (χ2n) is 6.11. The Labute approximate surface area is 157 Å². The van der Waals surface area contributed by atoms with Crippen LogP contribution in [0.1, 0.15) is 28.9 Å². The molecule has 0 spiro atoms. The molecule has 4 nitrogen and oxygen atoms in total. The Bertz CT molecular complexity index is 1110. The summed E-state index contributed by atoms with van der Waals surface area (Å²) in [5, 5.41) is 0.0510. The Hall–Kier alpha value is -2.80. The number of aromatic amines is 1. The third-order valence-electron chi connectivity index (χ3n) is 4.49. The number of carbonyl (C=O) groups is 1. The Morgan fingerprint density at radius 1 is 1.07 bits per heavy atom. The van der Waals surface area contributed by atoms with Crippen molar-refractivity contribution in [1.82, 2.24) is 9.88 Å². The lowest BCUT2D eigenvalue weighted by molar-refractivity contribution is 0.0743. The summed E-state index contributed by atoms with van der Waals surface area (Å²) in [4.78, 5) is 28.4. The molecule has 8 heteroatoms. The van der Waals surface area contributed by atoms with Crippen LogP contribution in [0.4, 0.5) is 13.2 Å². The van der Waals surface area contributed by atoms with E-state index in [1.54, 1.807) is 6.92 Å². The number of hydrogen-bond donors (Lipinski definition) is 1. The van der Waals surface area contributed by atoms with E-state index in [-0.39, 0.29) is 21.4 Å². The predicted molar refractivity (Wildman–Crippen MR) is 96.4 cm³/mol. The van der Waals surface area contributed by atoms with Gasteiger partial charge in [-0.1, -0.05) is 11.6 Å². The summed E-state index contributed by atoms with van der Waals surface area (Å²) in [5.41, 5.74) is -0.0837. The standard InChI is InChI=1S/C19H14ClF3N2O2/c1-9(25(2)19(27)10-3-4-14(20)15(21)5-10)13-8-24-18(26)12-7-17(23)16(22)6-11(12)13/h3-9H,1-2H3,(H,24,26)/t9-/m1/s1. The lowest BCUT2D eigenvalue weighted by Gasteiger charge is -2.26. The van der Waals surface area contributed by atoms with Crippen LogP contribution in [0.15, 0.2) is 41.3 Å². The van der Waals surface area contributed by atoms with Crippen molar-refractivity contribution < 1.29 is 18.0 Å². The van der Waals surface area contributed by atoms with Crippen molar-refractivity contribution in [2.24, 2.45) is 0 Å². The van der Waals surface area contributed by atoms with E-state index < -0.39 is 35.0 Å². The molecule has 27 heavy (non-hydrogen) atoms. The molecule has 0 bridgehead atoms. The van der Waals surface area contributed by atoms with Crippen molar-refractivity contribution in [3.8, 4) is 0 Å². The van der Waals surface area contributed by atoms with Gasteiger partial charge in [0.15, 0.2) is 11.6 Å². The molecule has 2 aromatic carbocycles. The zero-order chi connectivity index (χ0) is 19.9. The summed E-state index contributed by atoms with van der Waals surface area (Å²) in [6.07, 6.45) is 1.35. The van der Waals surface area contributed by atoms with Gasteiger partial charge in [-0.25, -0.2) is 13.2 Å². The van der Waals surface area contributed by atoms with Gasteiger partial charge in [-0.3, -0.25) is 9.59 Å². The van der Waals surface area contributed by atoms with Crippen LogP contribution < -0.4 is 5.56 Å². The first-order chi connectivity index (χ1) is 12.7. The van der Waals surface area contributed by atoms with Crippen molar-refractivity contribution >= 4 is 28.3 Å². The summed E-state index contributed by atoms with van der Waals surface area (Å²) in [5.74, 6) is -3.47. The highest BCUT2D eigenvalue weighted by atomic mass is 35.5. The molecule has 140 valence electrons. The smallest absolute Gasteiger partial charge is 0.255 e. The number of pyridine rings is 1. The SMILES string of the molecule is C[C@H](c1c[nH]c(=O)c2cc(F)c(F)cc12)N(C)C(=O)c1ccc(Cl)c(F)c1. The van der Waals surface area contributed by atoms with E-state index in [9.17, 15) is 22.8 Å². The van der Waals surface area contributed by atoms with Gasteiger partial charge in [-0.15, -0.1) is 0 Å². The molecule has 0 fully saturated rings. The first-order valence-corrected chi connectivity index (χ1v) is 8.31. The number of fused-ring (bicyclic) bond motifs is 1. The highest BCUT2D eigenvalue weighted by Crippen LogP contribution is 2.28. The minimum atomic E-state index is -1.14. The fourth-order valence-electron chi connectivity index (χ4n) is 2.84. The topological polar surface area (TPSA) is 53.2 Å². The zero-order valence-corrected chi connectivity index (χ0v) is 15.1. The number of carbonyl (C=O) groups excluding carboxylic acids is 1. The van der Waals surface area contributed by atoms with Gasteiger partial charge in [0.1, 0.15) is 5.82 Å². The molecule has 1 N–H and O–H groups in total. The van der Waals surface area contributed by atoms with Crippen LogP contribution >= 0.6 is 11.6 Å². The van der Waals surface area contributed by atoms with Gasteiger partial charge in [-0.2, -0.15) is 0 Å². The maximum Gasteiger partial charge on any atom is 0.255 e. The van der Waals surface area contributed by atoms with E-state index in [0.717, 1.165) is 18.2 Å². The number of nitrogens with one attached hydrogen (secondary N) is 1. The van der Waals surface area contributed by atoms with E-state index in [2.05, 4.69) is 4.98 Å². The number of aromatic nitrogens is 1. The van der Waals surface area contributed by atoms with Crippen LogP contribution in [0.5, 0.6) is 0 Å². The molecule has 1 atom stereocenters. The monoisotopic (exact) mass is 394 g/mol. The fraction of sp³-hybridized carbons (Fsp3) is 0.158. The van der Waals surface area contributed by atoms with Gasteiger partial charge >= 0.3 is 0 Å². The summed E-state index contributed by atoms with van der Waals surface area (Å²) >= 11 is 5.63. The summed E-state index contributed by atoms with van der Waals surface area (Å²) in [6.45, 7) is 1.65. The highest BCUT2D eigenvalue weighted by Gasteiger charge is 2.23. The van der Waals surface area contributed by atoms with Crippen LogP contribution in [0, 0.1) is 17.5 Å². The zero-order valence-electron chi connectivity index (χ0n) is 14.3. The Kier molecular flexibility index (Phi) is 4.97. The Morgan fingerprint density at radius 3 is 2.33 bits per heavy atom. The maximum absolute atomic E-state index is 13.7. The second-order valence-corrected chi connectivity index (χ2v) is 6.51. The molecule has 1 aromatic heterocycles. The molecular weight excluding hydrogens is 381 g/mol. The largest absolute Gasteiger partial charge is 0.335 e. The molecule has 3 aromatic rings. The first-order valence-electron chi connectivity index (χ1n) is 7.93. The van der Waals surface area contributed by atoms with E-state index in [1.165, 1.54) is 30.3 Å². The quantitative estimate of drug-likeness (QED) is 0.714. The number of nitrogens with zero attached hydrogens (tertiary/aromatic N) is 1. The molecule has 0 saturated heterocycles. The van der Waals surface area contributed by atoms with Crippen LogP contribution in [0.25, 0.3) is 10.8 Å². The fourth-order valence-corrected chi connectivity index (χ4v) is 2.95. The van der Waals surface area contributed by atoms with Gasteiger partial charge in [0, 0.05) is 18.8 Å². The Morgan fingerprint density at radius 2 is 1.70 bits per heavy atom. The Balaban J connectivity index is 2.04. The first kappa shape index (κ1) is 19.0. The van der Waals surface area contributed by atoms with E-state index in [4.69, 9.17) is 11.6 Å². The van der Waals surface area contributed by atoms with Crippen LogP contribution in [0.3, 0.4) is 0 Å². The van der Waals surface area contributed by atoms with E-state index in [0.29, 0.717) is 5.56 Å². The number of halogens is 4. The molecular formula is C19H14ClF3N2O2. The molecule has 0 saturated carbocycles. The van der Waals surface area contributed by atoms with Crippen LogP contribution in [0.2, 0.25) is 5.02 Å². The number of benzene rings is 2. The summed E-state index contributed by atoms with van der Waals surface area (Å²) in [7, 11) is 1.48. The average Bonchev–Trinajstić information content (AvgIpc) is 2.64. The summed E-state index contributed by atoms with van der Waals surface area (Å²) in [6, 6.07) is 4.80. The molecule has 0 aliphatic heterocycles. The van der Waals surface area contributed by atoms with Crippen molar-refractivity contribution in [3.63, 3.8) is 0 Å². The number of amides is 1. The highest BCUT2D eigenvalue weighted by molar-refractivity contribution is 6.30. The van der Waals surface area contributed by atoms with Gasteiger partial charge in [-0.05, 0) is 48.2 Å². The molecule has 3 rings (SSSR count). The van der Waals surface area contributed by atoms with Crippen molar-refractivity contribution in [3.05, 3.63) is 80.5 Å². The summed E-state index contributed by atoms with van der Waals surface area (Å²) < 4.78 is 40.9. The molecule has 0 aliphatic rings. The number of H-pyrrole nitrogens is 1. The van der Waals surface area contributed by atoms with Gasteiger partial charge in [0.25, 0.3) is 11.5 Å². The number of rotatable bonds is 3. The number of hydrogen-bond acceptors (Lipinski definition) is 2. The predicted octanol–water partition coefficient (Wildman–Crippen LogP) is 4.43. The van der Waals surface area contributed by atoms with Gasteiger partial charge in [0.2, 0.25) is 0 Å². The third-order valence-corrected chi connectivity index (χ3v) is 4.80. The molecule has 0 unspecified atom stereocenters.